The summed E-state index contributed by atoms with van der Waals surface area (Å²) in [6.07, 6.45) is 4.45. The van der Waals surface area contributed by atoms with E-state index >= 15 is 0 Å². The van der Waals surface area contributed by atoms with E-state index in [1.54, 1.807) is 19.5 Å². The molecule has 1 N–H and O–H groups in total. The lowest BCUT2D eigenvalue weighted by Gasteiger charge is -2.24. The SMILES string of the molecule is COCCC(C)(C)CNc1cncc(-n2nc(C)cc2C)n1. The van der Waals surface area contributed by atoms with Crippen molar-refractivity contribution in [2.45, 2.75) is 34.1 Å². The first-order chi connectivity index (χ1) is 10.4. The van der Waals surface area contributed by atoms with E-state index in [1.807, 2.05) is 24.6 Å². The van der Waals surface area contributed by atoms with Gasteiger partial charge in [0.2, 0.25) is 0 Å². The molecule has 120 valence electrons. The van der Waals surface area contributed by atoms with Crippen LogP contribution in [0.1, 0.15) is 31.7 Å². The largest absolute Gasteiger partial charge is 0.385 e. The number of anilines is 1. The summed E-state index contributed by atoms with van der Waals surface area (Å²) in [5.74, 6) is 1.49. The third kappa shape index (κ3) is 4.27. The number of nitrogens with zero attached hydrogens (tertiary/aromatic N) is 4. The van der Waals surface area contributed by atoms with Crippen molar-refractivity contribution in [1.82, 2.24) is 19.7 Å². The van der Waals surface area contributed by atoms with Gasteiger partial charge < -0.3 is 10.1 Å². The molecular weight excluding hydrogens is 278 g/mol. The van der Waals surface area contributed by atoms with E-state index in [9.17, 15) is 0 Å². The topological polar surface area (TPSA) is 64.9 Å². The maximum absolute atomic E-state index is 5.15. The molecule has 2 heterocycles. The zero-order valence-corrected chi connectivity index (χ0v) is 14.1. The number of methoxy groups -OCH3 is 1. The Hall–Kier alpha value is -1.95. The van der Waals surface area contributed by atoms with Crippen LogP contribution in [0.5, 0.6) is 0 Å². The van der Waals surface area contributed by atoms with Crippen LogP contribution in [0.25, 0.3) is 5.82 Å². The Balaban J connectivity index is 2.07. The molecule has 0 radical (unpaired) electrons. The Bertz CT molecular complexity index is 621. The summed E-state index contributed by atoms with van der Waals surface area (Å²) in [6, 6.07) is 2.02. The first-order valence-electron chi connectivity index (χ1n) is 7.50. The summed E-state index contributed by atoms with van der Waals surface area (Å²) in [4.78, 5) is 8.86. The molecule has 0 amide bonds. The van der Waals surface area contributed by atoms with Gasteiger partial charge >= 0.3 is 0 Å². The van der Waals surface area contributed by atoms with Crippen LogP contribution in [0.15, 0.2) is 18.5 Å². The van der Waals surface area contributed by atoms with E-state index in [2.05, 4.69) is 34.2 Å². The van der Waals surface area contributed by atoms with Crippen molar-refractivity contribution in [3.63, 3.8) is 0 Å². The highest BCUT2D eigenvalue weighted by atomic mass is 16.5. The number of aromatic nitrogens is 4. The molecule has 2 aromatic heterocycles. The van der Waals surface area contributed by atoms with Crippen LogP contribution in [0, 0.1) is 19.3 Å². The Labute approximate surface area is 131 Å². The molecule has 0 aliphatic rings. The van der Waals surface area contributed by atoms with E-state index in [0.29, 0.717) is 0 Å². The number of ether oxygens (including phenoxy) is 1. The summed E-state index contributed by atoms with van der Waals surface area (Å²) in [5, 5.41) is 7.80. The summed E-state index contributed by atoms with van der Waals surface area (Å²) < 4.78 is 6.96. The lowest BCUT2D eigenvalue weighted by Crippen LogP contribution is -2.25. The molecule has 2 rings (SSSR count). The lowest BCUT2D eigenvalue weighted by molar-refractivity contribution is 0.157. The van der Waals surface area contributed by atoms with Crippen LogP contribution in [0.2, 0.25) is 0 Å². The zero-order chi connectivity index (χ0) is 16.2. The van der Waals surface area contributed by atoms with Gasteiger partial charge in [-0.05, 0) is 31.7 Å². The summed E-state index contributed by atoms with van der Waals surface area (Å²) in [6.45, 7) is 9.96. The Morgan fingerprint density at radius 2 is 2.05 bits per heavy atom. The maximum Gasteiger partial charge on any atom is 0.174 e. The van der Waals surface area contributed by atoms with Crippen molar-refractivity contribution >= 4 is 5.82 Å². The van der Waals surface area contributed by atoms with Crippen molar-refractivity contribution in [2.24, 2.45) is 5.41 Å². The van der Waals surface area contributed by atoms with Crippen LogP contribution < -0.4 is 5.32 Å². The van der Waals surface area contributed by atoms with Gasteiger partial charge in [0.15, 0.2) is 5.82 Å². The second-order valence-electron chi connectivity index (χ2n) is 6.36. The molecule has 0 atom stereocenters. The minimum atomic E-state index is 0.131. The smallest absolute Gasteiger partial charge is 0.174 e. The Morgan fingerprint density at radius 3 is 2.68 bits per heavy atom. The third-order valence-corrected chi connectivity index (χ3v) is 3.58. The van der Waals surface area contributed by atoms with Gasteiger partial charge in [0, 0.05) is 26.0 Å². The lowest BCUT2D eigenvalue weighted by atomic mass is 9.90. The minimum absolute atomic E-state index is 0.131. The van der Waals surface area contributed by atoms with Crippen molar-refractivity contribution in [3.05, 3.63) is 29.8 Å². The molecule has 2 aromatic rings. The van der Waals surface area contributed by atoms with Gasteiger partial charge in [0.25, 0.3) is 0 Å². The van der Waals surface area contributed by atoms with Crippen molar-refractivity contribution in [2.75, 3.05) is 25.6 Å². The van der Waals surface area contributed by atoms with E-state index in [4.69, 9.17) is 4.74 Å². The summed E-state index contributed by atoms with van der Waals surface area (Å²) in [7, 11) is 1.73. The minimum Gasteiger partial charge on any atom is -0.385 e. The highest BCUT2D eigenvalue weighted by molar-refractivity contribution is 5.36. The first kappa shape index (κ1) is 16.4. The zero-order valence-electron chi connectivity index (χ0n) is 14.1. The van der Waals surface area contributed by atoms with Crippen molar-refractivity contribution in [1.29, 1.82) is 0 Å². The fraction of sp³-hybridized carbons (Fsp3) is 0.562. The Kier molecular flexibility index (Phi) is 5.13. The van der Waals surface area contributed by atoms with E-state index in [-0.39, 0.29) is 5.41 Å². The van der Waals surface area contributed by atoms with E-state index in [0.717, 1.165) is 42.6 Å². The molecule has 0 fully saturated rings. The molecule has 0 saturated carbocycles. The molecule has 0 unspecified atom stereocenters. The fourth-order valence-corrected chi connectivity index (χ4v) is 2.20. The average Bonchev–Trinajstić information content (AvgIpc) is 2.82. The summed E-state index contributed by atoms with van der Waals surface area (Å²) in [5.41, 5.74) is 2.15. The van der Waals surface area contributed by atoms with Gasteiger partial charge in [-0.1, -0.05) is 13.8 Å². The highest BCUT2D eigenvalue weighted by Gasteiger charge is 2.17. The monoisotopic (exact) mass is 303 g/mol. The van der Waals surface area contributed by atoms with Gasteiger partial charge in [-0.25, -0.2) is 9.67 Å². The predicted molar refractivity (Wildman–Crippen MR) is 87.4 cm³/mol. The molecule has 6 heteroatoms. The van der Waals surface area contributed by atoms with Crippen LogP contribution in [-0.4, -0.2) is 40.0 Å². The molecular formula is C16H25N5O. The molecule has 0 saturated heterocycles. The van der Waals surface area contributed by atoms with Crippen LogP contribution >= 0.6 is 0 Å². The van der Waals surface area contributed by atoms with Crippen LogP contribution in [0.4, 0.5) is 5.82 Å². The molecule has 0 aliphatic carbocycles. The van der Waals surface area contributed by atoms with Gasteiger partial charge in [0.1, 0.15) is 5.82 Å². The number of hydrogen-bond acceptors (Lipinski definition) is 5. The second-order valence-corrected chi connectivity index (χ2v) is 6.36. The number of aryl methyl sites for hydroxylation is 2. The standard InChI is InChI=1S/C16H25N5O/c1-12-8-13(2)21(20-12)15-10-17-9-14(19-15)18-11-16(3,4)6-7-22-5/h8-10H,6-7,11H2,1-5H3,(H,18,19). The first-order valence-corrected chi connectivity index (χ1v) is 7.50. The van der Waals surface area contributed by atoms with Gasteiger partial charge in [-0.15, -0.1) is 0 Å². The van der Waals surface area contributed by atoms with Gasteiger partial charge in [0.05, 0.1) is 18.1 Å². The maximum atomic E-state index is 5.15. The predicted octanol–water partition coefficient (Wildman–Crippen LogP) is 2.75. The second kappa shape index (κ2) is 6.87. The summed E-state index contributed by atoms with van der Waals surface area (Å²) >= 11 is 0. The normalized spacial score (nSPS) is 11.7. The molecule has 0 aromatic carbocycles. The molecule has 0 bridgehead atoms. The Morgan fingerprint density at radius 1 is 1.27 bits per heavy atom. The molecule has 0 aliphatic heterocycles. The van der Waals surface area contributed by atoms with Crippen molar-refractivity contribution in [3.8, 4) is 5.82 Å². The molecule has 6 nitrogen and oxygen atoms in total. The van der Waals surface area contributed by atoms with E-state index < -0.39 is 0 Å². The third-order valence-electron chi connectivity index (χ3n) is 3.58. The fourth-order valence-electron chi connectivity index (χ4n) is 2.20. The van der Waals surface area contributed by atoms with Crippen LogP contribution in [-0.2, 0) is 4.74 Å². The van der Waals surface area contributed by atoms with E-state index in [1.165, 1.54) is 0 Å². The molecule has 0 spiro atoms. The average molecular weight is 303 g/mol. The quantitative estimate of drug-likeness (QED) is 0.852. The van der Waals surface area contributed by atoms with Gasteiger partial charge in [-0.2, -0.15) is 5.10 Å². The number of hydrogen-bond donors (Lipinski definition) is 1. The number of nitrogens with one attached hydrogen (secondary N) is 1. The van der Waals surface area contributed by atoms with Crippen molar-refractivity contribution < 1.29 is 4.74 Å². The number of rotatable bonds is 7. The van der Waals surface area contributed by atoms with Crippen LogP contribution in [0.3, 0.4) is 0 Å². The van der Waals surface area contributed by atoms with Gasteiger partial charge in [-0.3, -0.25) is 4.98 Å². The highest BCUT2D eigenvalue weighted by Crippen LogP contribution is 2.21. The molecule has 22 heavy (non-hydrogen) atoms.